The van der Waals surface area contributed by atoms with E-state index in [1.54, 1.807) is 0 Å². The fourth-order valence-corrected chi connectivity index (χ4v) is 3.66. The van der Waals surface area contributed by atoms with Crippen molar-refractivity contribution < 1.29 is 5.21 Å². The molecule has 2 N–H and O–H groups in total. The van der Waals surface area contributed by atoms with E-state index in [0.29, 0.717) is 5.92 Å². The molecule has 2 aromatic rings. The highest BCUT2D eigenvalue weighted by atomic mass is 16.4. The number of oxime groups is 1. The van der Waals surface area contributed by atoms with Crippen LogP contribution in [-0.4, -0.2) is 10.9 Å². The van der Waals surface area contributed by atoms with Crippen molar-refractivity contribution in [3.63, 3.8) is 0 Å². The second kappa shape index (κ2) is 6.97. The van der Waals surface area contributed by atoms with Crippen LogP contribution in [0.2, 0.25) is 0 Å². The maximum Gasteiger partial charge on any atom is 0.0642 e. The molecule has 1 saturated heterocycles. The molecule has 0 radical (unpaired) electrons. The first kappa shape index (κ1) is 15.8. The Bertz CT molecular complexity index is 652. The molecule has 3 atom stereocenters. The Balaban J connectivity index is 1.98. The van der Waals surface area contributed by atoms with Gasteiger partial charge in [0.05, 0.1) is 5.71 Å². The van der Waals surface area contributed by atoms with Crippen LogP contribution >= 0.6 is 0 Å². The summed E-state index contributed by atoms with van der Waals surface area (Å²) >= 11 is 0. The van der Waals surface area contributed by atoms with Gasteiger partial charge in [0.25, 0.3) is 0 Å². The van der Waals surface area contributed by atoms with Gasteiger partial charge in [-0.25, -0.2) is 0 Å². The first-order valence-electron chi connectivity index (χ1n) is 8.27. The van der Waals surface area contributed by atoms with Crippen molar-refractivity contribution in [3.05, 3.63) is 71.8 Å². The molecule has 23 heavy (non-hydrogen) atoms. The largest absolute Gasteiger partial charge is 0.411 e. The van der Waals surface area contributed by atoms with E-state index in [-0.39, 0.29) is 18.0 Å². The third kappa shape index (κ3) is 3.30. The molecule has 3 nitrogen and oxygen atoms in total. The highest BCUT2D eigenvalue weighted by Crippen LogP contribution is 2.39. The Morgan fingerprint density at radius 1 is 0.957 bits per heavy atom. The number of rotatable bonds is 3. The lowest BCUT2D eigenvalue weighted by molar-refractivity contribution is 0.263. The highest BCUT2D eigenvalue weighted by molar-refractivity contribution is 5.89. The Morgan fingerprint density at radius 2 is 1.52 bits per heavy atom. The van der Waals surface area contributed by atoms with Crippen molar-refractivity contribution in [2.24, 2.45) is 17.0 Å². The Morgan fingerprint density at radius 3 is 2.04 bits per heavy atom. The number of benzene rings is 2. The van der Waals surface area contributed by atoms with Crippen LogP contribution < -0.4 is 5.32 Å². The van der Waals surface area contributed by atoms with E-state index in [1.807, 2.05) is 12.1 Å². The number of nitrogens with one attached hydrogen (secondary N) is 1. The monoisotopic (exact) mass is 308 g/mol. The first-order valence-corrected chi connectivity index (χ1v) is 8.27. The van der Waals surface area contributed by atoms with Gasteiger partial charge >= 0.3 is 0 Å². The van der Waals surface area contributed by atoms with Gasteiger partial charge < -0.3 is 10.5 Å². The third-order valence-electron chi connectivity index (χ3n) is 4.75. The van der Waals surface area contributed by atoms with E-state index in [9.17, 15) is 5.21 Å². The third-order valence-corrected chi connectivity index (χ3v) is 4.75. The standard InChI is InChI=1S/C20H24N2O/c1-14(2)19-18(22-23)13-17(15-9-5-3-6-10-15)21-20(19)16-11-7-4-8-12-16/h3-12,14,17,19-21,23H,13H2,1-2H3/b22-18-/t17-,19-,20-/m0/s1. The number of nitrogens with zero attached hydrogens (tertiary/aromatic N) is 1. The van der Waals surface area contributed by atoms with E-state index >= 15 is 0 Å². The van der Waals surface area contributed by atoms with Gasteiger partial charge in [-0.2, -0.15) is 0 Å². The van der Waals surface area contributed by atoms with Gasteiger partial charge in [-0.05, 0) is 17.0 Å². The van der Waals surface area contributed by atoms with E-state index in [4.69, 9.17) is 0 Å². The van der Waals surface area contributed by atoms with Gasteiger partial charge in [0.2, 0.25) is 0 Å². The summed E-state index contributed by atoms with van der Waals surface area (Å²) in [4.78, 5) is 0. The molecule has 0 saturated carbocycles. The summed E-state index contributed by atoms with van der Waals surface area (Å²) in [7, 11) is 0. The zero-order chi connectivity index (χ0) is 16.2. The minimum absolute atomic E-state index is 0.154. The first-order chi connectivity index (χ1) is 11.2. The molecule has 2 aromatic carbocycles. The molecule has 1 heterocycles. The molecule has 3 heteroatoms. The molecular weight excluding hydrogens is 284 g/mol. The minimum atomic E-state index is 0.154. The van der Waals surface area contributed by atoms with Crippen LogP contribution in [0.5, 0.6) is 0 Å². The molecule has 0 bridgehead atoms. The maximum atomic E-state index is 9.60. The summed E-state index contributed by atoms with van der Waals surface area (Å²) in [6, 6.07) is 21.2. The van der Waals surface area contributed by atoms with Gasteiger partial charge in [-0.1, -0.05) is 79.7 Å². The molecule has 1 fully saturated rings. The molecule has 0 unspecified atom stereocenters. The van der Waals surface area contributed by atoms with Gasteiger partial charge in [-0.15, -0.1) is 0 Å². The summed E-state index contributed by atoms with van der Waals surface area (Å²) in [5.74, 6) is 0.595. The molecule has 120 valence electrons. The molecular formula is C20H24N2O. The fourth-order valence-electron chi connectivity index (χ4n) is 3.66. The quantitative estimate of drug-likeness (QED) is 0.644. The van der Waals surface area contributed by atoms with Crippen LogP contribution in [-0.2, 0) is 0 Å². The van der Waals surface area contributed by atoms with E-state index in [2.05, 4.69) is 72.9 Å². The lowest BCUT2D eigenvalue weighted by Gasteiger charge is -2.40. The second-order valence-corrected chi connectivity index (χ2v) is 6.58. The number of piperidine rings is 1. The Labute approximate surface area is 138 Å². The predicted molar refractivity (Wildman–Crippen MR) is 93.7 cm³/mol. The van der Waals surface area contributed by atoms with Crippen molar-refractivity contribution in [1.82, 2.24) is 5.32 Å². The summed E-state index contributed by atoms with van der Waals surface area (Å²) in [6.45, 7) is 4.38. The molecule has 1 aliphatic rings. The number of hydrogen-bond donors (Lipinski definition) is 2. The van der Waals surface area contributed by atoms with Crippen LogP contribution in [0.1, 0.15) is 43.5 Å². The maximum absolute atomic E-state index is 9.60. The van der Waals surface area contributed by atoms with Gasteiger partial charge in [-0.3, -0.25) is 0 Å². The lowest BCUT2D eigenvalue weighted by atomic mass is 9.75. The van der Waals surface area contributed by atoms with Crippen molar-refractivity contribution in [3.8, 4) is 0 Å². The highest BCUT2D eigenvalue weighted by Gasteiger charge is 2.38. The summed E-state index contributed by atoms with van der Waals surface area (Å²) < 4.78 is 0. The molecule has 3 rings (SSSR count). The smallest absolute Gasteiger partial charge is 0.0642 e. The number of hydrogen-bond acceptors (Lipinski definition) is 3. The average Bonchev–Trinajstić information content (AvgIpc) is 2.62. The zero-order valence-electron chi connectivity index (χ0n) is 13.7. The average molecular weight is 308 g/mol. The van der Waals surface area contributed by atoms with Crippen LogP contribution in [0.4, 0.5) is 0 Å². The van der Waals surface area contributed by atoms with E-state index < -0.39 is 0 Å². The molecule has 0 amide bonds. The minimum Gasteiger partial charge on any atom is -0.411 e. The van der Waals surface area contributed by atoms with Crippen LogP contribution in [0.25, 0.3) is 0 Å². The van der Waals surface area contributed by atoms with Gasteiger partial charge in [0, 0.05) is 24.4 Å². The van der Waals surface area contributed by atoms with Crippen molar-refractivity contribution in [2.45, 2.75) is 32.4 Å². The van der Waals surface area contributed by atoms with E-state index in [1.165, 1.54) is 11.1 Å². The molecule has 1 aliphatic heterocycles. The lowest BCUT2D eigenvalue weighted by Crippen LogP contribution is -2.44. The molecule has 0 aliphatic carbocycles. The van der Waals surface area contributed by atoms with Gasteiger partial charge in [0.15, 0.2) is 0 Å². The summed E-state index contributed by atoms with van der Waals surface area (Å²) in [5, 5.41) is 17.1. The Kier molecular flexibility index (Phi) is 4.77. The summed E-state index contributed by atoms with van der Waals surface area (Å²) in [6.07, 6.45) is 0.743. The zero-order valence-corrected chi connectivity index (χ0v) is 13.7. The predicted octanol–water partition coefficient (Wildman–Crippen LogP) is 4.56. The SMILES string of the molecule is CC(C)[C@H]1/C(=N\O)C[C@@H](c2ccccc2)N[C@H]1c1ccccc1. The van der Waals surface area contributed by atoms with Crippen molar-refractivity contribution >= 4 is 5.71 Å². The van der Waals surface area contributed by atoms with Crippen molar-refractivity contribution in [1.29, 1.82) is 0 Å². The Hall–Kier alpha value is -2.13. The second-order valence-electron chi connectivity index (χ2n) is 6.58. The van der Waals surface area contributed by atoms with Crippen LogP contribution in [0.15, 0.2) is 65.8 Å². The van der Waals surface area contributed by atoms with Crippen molar-refractivity contribution in [2.75, 3.05) is 0 Å². The van der Waals surface area contributed by atoms with E-state index in [0.717, 1.165) is 12.1 Å². The van der Waals surface area contributed by atoms with Crippen LogP contribution in [0.3, 0.4) is 0 Å². The molecule has 0 spiro atoms. The molecule has 0 aromatic heterocycles. The summed E-state index contributed by atoms with van der Waals surface area (Å²) in [5.41, 5.74) is 3.37. The van der Waals surface area contributed by atoms with Gasteiger partial charge in [0.1, 0.15) is 0 Å². The fraction of sp³-hybridized carbons (Fsp3) is 0.350. The normalized spacial score (nSPS) is 26.6. The topological polar surface area (TPSA) is 44.6 Å². The van der Waals surface area contributed by atoms with Crippen LogP contribution in [0, 0.1) is 11.8 Å².